The molecule has 2 atom stereocenters. The van der Waals surface area contributed by atoms with Crippen LogP contribution in [0.2, 0.25) is 4.34 Å². The molecule has 0 amide bonds. The van der Waals surface area contributed by atoms with Gasteiger partial charge >= 0.3 is 0 Å². The molecule has 1 N–H and O–H groups in total. The lowest BCUT2D eigenvalue weighted by molar-refractivity contribution is 0.0424. The minimum atomic E-state index is 0.511. The lowest BCUT2D eigenvalue weighted by atomic mass is 9.74. The molecule has 19 heavy (non-hydrogen) atoms. The predicted molar refractivity (Wildman–Crippen MR) is 83.1 cm³/mol. The summed E-state index contributed by atoms with van der Waals surface area (Å²) >= 11 is 7.81. The number of likely N-dealkylation sites (tertiary alicyclic amines) is 1. The molecular formula is C15H23ClN2S. The average Bonchev–Trinajstić information content (AvgIpc) is 2.85. The number of halogens is 1. The number of piperidine rings is 2. The van der Waals surface area contributed by atoms with Gasteiger partial charge in [-0.25, -0.2) is 0 Å². The molecule has 0 bridgehead atoms. The van der Waals surface area contributed by atoms with Crippen molar-refractivity contribution in [3.05, 3.63) is 21.3 Å². The molecule has 2 nitrogen and oxygen atoms in total. The van der Waals surface area contributed by atoms with E-state index >= 15 is 0 Å². The fraction of sp³-hybridized carbons (Fsp3) is 0.733. The van der Waals surface area contributed by atoms with Gasteiger partial charge in [0.25, 0.3) is 0 Å². The van der Waals surface area contributed by atoms with Gasteiger partial charge in [-0.05, 0) is 63.2 Å². The van der Waals surface area contributed by atoms with Gasteiger partial charge < -0.3 is 5.32 Å². The van der Waals surface area contributed by atoms with Crippen LogP contribution in [0.4, 0.5) is 0 Å². The Balaban J connectivity index is 1.70. The Morgan fingerprint density at radius 3 is 2.89 bits per heavy atom. The van der Waals surface area contributed by atoms with E-state index in [4.69, 9.17) is 11.6 Å². The molecule has 2 aliphatic heterocycles. The van der Waals surface area contributed by atoms with E-state index in [1.807, 2.05) is 6.07 Å². The van der Waals surface area contributed by atoms with Crippen LogP contribution in [-0.4, -0.2) is 31.1 Å². The molecule has 2 unspecified atom stereocenters. The predicted octanol–water partition coefficient (Wildman–Crippen LogP) is 3.93. The summed E-state index contributed by atoms with van der Waals surface area (Å²) < 4.78 is 0.910. The topological polar surface area (TPSA) is 15.3 Å². The summed E-state index contributed by atoms with van der Waals surface area (Å²) in [6.07, 6.45) is 5.47. The molecule has 4 heteroatoms. The van der Waals surface area contributed by atoms with E-state index in [0.29, 0.717) is 11.5 Å². The molecule has 106 valence electrons. The zero-order chi connectivity index (χ0) is 13.3. The van der Waals surface area contributed by atoms with Gasteiger partial charge in [-0.15, -0.1) is 11.3 Å². The SMILES string of the molecule is CC(c1ccc(Cl)s1)N1CCCC2(CCCNC2)C1. The zero-order valence-corrected chi connectivity index (χ0v) is 13.2. The molecule has 1 aromatic rings. The number of rotatable bonds is 2. The van der Waals surface area contributed by atoms with Crippen molar-refractivity contribution in [2.24, 2.45) is 5.41 Å². The minimum Gasteiger partial charge on any atom is -0.316 e. The maximum absolute atomic E-state index is 6.08. The summed E-state index contributed by atoms with van der Waals surface area (Å²) in [7, 11) is 0. The van der Waals surface area contributed by atoms with E-state index in [1.54, 1.807) is 11.3 Å². The molecule has 0 saturated carbocycles. The Hall–Kier alpha value is -0.0900. The molecular weight excluding hydrogens is 276 g/mol. The fourth-order valence-corrected chi connectivity index (χ4v) is 4.84. The maximum atomic E-state index is 6.08. The van der Waals surface area contributed by atoms with Gasteiger partial charge in [0.2, 0.25) is 0 Å². The summed E-state index contributed by atoms with van der Waals surface area (Å²) in [5.74, 6) is 0. The van der Waals surface area contributed by atoms with Gasteiger partial charge in [-0.3, -0.25) is 4.90 Å². The summed E-state index contributed by atoms with van der Waals surface area (Å²) in [5, 5.41) is 3.60. The smallest absolute Gasteiger partial charge is 0.0931 e. The summed E-state index contributed by atoms with van der Waals surface area (Å²) in [5.41, 5.74) is 0.534. The highest BCUT2D eigenvalue weighted by Crippen LogP contribution is 2.40. The standard InChI is InChI=1S/C15H23ClN2S/c1-12(13-4-5-14(16)19-13)18-9-3-7-15(11-18)6-2-8-17-10-15/h4-5,12,17H,2-3,6-11H2,1H3. The average molecular weight is 299 g/mol. The Morgan fingerprint density at radius 1 is 1.37 bits per heavy atom. The molecule has 3 heterocycles. The molecule has 1 aromatic heterocycles. The zero-order valence-electron chi connectivity index (χ0n) is 11.6. The van der Waals surface area contributed by atoms with Gasteiger partial charge in [0.05, 0.1) is 4.34 Å². The van der Waals surface area contributed by atoms with Crippen LogP contribution >= 0.6 is 22.9 Å². The van der Waals surface area contributed by atoms with E-state index in [1.165, 1.54) is 56.7 Å². The monoisotopic (exact) mass is 298 g/mol. The van der Waals surface area contributed by atoms with Crippen molar-refractivity contribution >= 4 is 22.9 Å². The Labute approximate surface area is 125 Å². The highest BCUT2D eigenvalue weighted by molar-refractivity contribution is 7.16. The van der Waals surface area contributed by atoms with E-state index < -0.39 is 0 Å². The first-order valence-corrected chi connectivity index (χ1v) is 8.58. The third kappa shape index (κ3) is 2.99. The van der Waals surface area contributed by atoms with Crippen molar-refractivity contribution in [1.29, 1.82) is 0 Å². The lowest BCUT2D eigenvalue weighted by Gasteiger charge is -2.47. The van der Waals surface area contributed by atoms with Crippen LogP contribution in [0.15, 0.2) is 12.1 Å². The first kappa shape index (κ1) is 13.9. The Bertz CT molecular complexity index is 420. The second-order valence-electron chi connectivity index (χ2n) is 6.17. The van der Waals surface area contributed by atoms with Crippen LogP contribution in [0.3, 0.4) is 0 Å². The van der Waals surface area contributed by atoms with Gasteiger partial charge in [-0.2, -0.15) is 0 Å². The summed E-state index contributed by atoms with van der Waals surface area (Å²) in [4.78, 5) is 4.07. The van der Waals surface area contributed by atoms with Crippen LogP contribution in [0.5, 0.6) is 0 Å². The molecule has 1 spiro atoms. The van der Waals surface area contributed by atoms with E-state index in [-0.39, 0.29) is 0 Å². The van der Waals surface area contributed by atoms with Crippen molar-refractivity contribution in [3.8, 4) is 0 Å². The third-order valence-corrected chi connectivity index (χ3v) is 6.21. The molecule has 2 aliphatic rings. The number of nitrogens with one attached hydrogen (secondary N) is 1. The number of nitrogens with zero attached hydrogens (tertiary/aromatic N) is 1. The fourth-order valence-electron chi connectivity index (χ4n) is 3.69. The summed E-state index contributed by atoms with van der Waals surface area (Å²) in [6, 6.07) is 4.73. The third-order valence-electron chi connectivity index (χ3n) is 4.81. The van der Waals surface area contributed by atoms with Crippen LogP contribution < -0.4 is 5.32 Å². The van der Waals surface area contributed by atoms with Crippen molar-refractivity contribution in [3.63, 3.8) is 0 Å². The van der Waals surface area contributed by atoms with Crippen molar-refractivity contribution < 1.29 is 0 Å². The van der Waals surface area contributed by atoms with Crippen molar-refractivity contribution in [2.45, 2.75) is 38.6 Å². The Kier molecular flexibility index (Phi) is 4.18. The number of hydrogen-bond donors (Lipinski definition) is 1. The highest BCUT2D eigenvalue weighted by Gasteiger charge is 2.38. The number of hydrogen-bond acceptors (Lipinski definition) is 3. The first-order chi connectivity index (χ1) is 9.19. The molecule has 0 aliphatic carbocycles. The molecule has 2 saturated heterocycles. The first-order valence-electron chi connectivity index (χ1n) is 7.39. The van der Waals surface area contributed by atoms with Crippen LogP contribution in [0, 0.1) is 5.41 Å². The molecule has 2 fully saturated rings. The van der Waals surface area contributed by atoms with Crippen molar-refractivity contribution in [1.82, 2.24) is 10.2 Å². The van der Waals surface area contributed by atoms with Gasteiger partial charge in [0.1, 0.15) is 0 Å². The van der Waals surface area contributed by atoms with Gasteiger partial charge in [0.15, 0.2) is 0 Å². The number of thiophene rings is 1. The summed E-state index contributed by atoms with van der Waals surface area (Å²) in [6.45, 7) is 7.23. The van der Waals surface area contributed by atoms with Gasteiger partial charge in [0, 0.05) is 24.0 Å². The van der Waals surface area contributed by atoms with E-state index in [0.717, 1.165) is 4.34 Å². The van der Waals surface area contributed by atoms with Crippen molar-refractivity contribution in [2.75, 3.05) is 26.2 Å². The van der Waals surface area contributed by atoms with E-state index in [9.17, 15) is 0 Å². The van der Waals surface area contributed by atoms with Crippen LogP contribution in [0.1, 0.15) is 43.5 Å². The Morgan fingerprint density at radius 2 is 2.21 bits per heavy atom. The molecule has 0 aromatic carbocycles. The highest BCUT2D eigenvalue weighted by atomic mass is 35.5. The van der Waals surface area contributed by atoms with Crippen LogP contribution in [-0.2, 0) is 0 Å². The normalized spacial score (nSPS) is 30.6. The van der Waals surface area contributed by atoms with Gasteiger partial charge in [-0.1, -0.05) is 11.6 Å². The molecule has 3 rings (SSSR count). The lowest BCUT2D eigenvalue weighted by Crippen LogP contribution is -2.51. The second-order valence-corrected chi connectivity index (χ2v) is 7.92. The molecule has 0 radical (unpaired) electrons. The van der Waals surface area contributed by atoms with E-state index in [2.05, 4.69) is 23.2 Å². The quantitative estimate of drug-likeness (QED) is 0.890. The van der Waals surface area contributed by atoms with Crippen LogP contribution in [0.25, 0.3) is 0 Å². The minimum absolute atomic E-state index is 0.511. The second kappa shape index (κ2) is 5.72. The maximum Gasteiger partial charge on any atom is 0.0931 e. The largest absolute Gasteiger partial charge is 0.316 e.